The molecule has 0 unspecified atom stereocenters. The number of esters is 2. The normalized spacial score (nSPS) is 12.9. The number of aromatic nitrogens is 1. The van der Waals surface area contributed by atoms with Gasteiger partial charge in [0.05, 0.1) is 25.3 Å². The Labute approximate surface area is 165 Å². The lowest BCUT2D eigenvalue weighted by Crippen LogP contribution is -2.25. The third-order valence-corrected chi connectivity index (χ3v) is 4.84. The first kappa shape index (κ1) is 19.9. The molecule has 1 aromatic heterocycles. The zero-order valence-corrected chi connectivity index (χ0v) is 16.9. The van der Waals surface area contributed by atoms with Gasteiger partial charge in [-0.25, -0.2) is 9.59 Å². The van der Waals surface area contributed by atoms with Crippen LogP contribution < -0.4 is 0 Å². The molecular formula is C22H27N2O4+. The Morgan fingerprint density at radius 2 is 1.68 bits per heavy atom. The van der Waals surface area contributed by atoms with Crippen LogP contribution in [0, 0.1) is 6.92 Å². The van der Waals surface area contributed by atoms with Crippen LogP contribution in [0.25, 0.3) is 0 Å². The molecule has 0 N–H and O–H groups in total. The minimum atomic E-state index is -0.427. The van der Waals surface area contributed by atoms with Gasteiger partial charge in [-0.3, -0.25) is 4.58 Å². The number of ether oxygens (including phenoxy) is 2. The van der Waals surface area contributed by atoms with Gasteiger partial charge in [-0.1, -0.05) is 25.1 Å². The summed E-state index contributed by atoms with van der Waals surface area (Å²) in [5.41, 5.74) is 3.25. The highest BCUT2D eigenvalue weighted by atomic mass is 16.5. The molecule has 28 heavy (non-hydrogen) atoms. The molecule has 6 heteroatoms. The molecule has 0 radical (unpaired) electrons. The summed E-state index contributed by atoms with van der Waals surface area (Å²) in [6.45, 7) is 9.37. The van der Waals surface area contributed by atoms with Gasteiger partial charge in [-0.2, -0.15) is 4.57 Å². The average Bonchev–Trinajstić information content (AvgIpc) is 3.15. The van der Waals surface area contributed by atoms with Gasteiger partial charge in [0.25, 0.3) is 5.84 Å². The summed E-state index contributed by atoms with van der Waals surface area (Å²) in [5.74, 6) is 0.0767. The predicted octanol–water partition coefficient (Wildman–Crippen LogP) is 3.38. The van der Waals surface area contributed by atoms with E-state index < -0.39 is 11.9 Å². The highest BCUT2D eigenvalue weighted by molar-refractivity contribution is 6.07. The van der Waals surface area contributed by atoms with E-state index in [0.29, 0.717) is 23.4 Å². The number of carbonyl (C=O) groups excluding carboxylic acids is 2. The lowest BCUT2D eigenvalue weighted by atomic mass is 10.1. The molecule has 1 aromatic carbocycles. The van der Waals surface area contributed by atoms with Gasteiger partial charge >= 0.3 is 11.9 Å². The molecule has 1 aliphatic heterocycles. The van der Waals surface area contributed by atoms with Crippen molar-refractivity contribution in [1.29, 1.82) is 0 Å². The minimum Gasteiger partial charge on any atom is -0.462 e. The standard InChI is InChI=1S/C22H27N2O4/c1-5-13-23-14-17-18(21(25)27-6-2)15(4)19(22(26)28-7-3)24(17)20(23)16-11-9-8-10-12-16/h8-12H,5-7,13-14H2,1-4H3/q+1. The summed E-state index contributed by atoms with van der Waals surface area (Å²) in [4.78, 5) is 25.5. The fourth-order valence-corrected chi connectivity index (χ4v) is 3.80. The van der Waals surface area contributed by atoms with Gasteiger partial charge in [0.1, 0.15) is 12.1 Å². The van der Waals surface area contributed by atoms with Gasteiger partial charge in [0.15, 0.2) is 5.69 Å². The van der Waals surface area contributed by atoms with Crippen molar-refractivity contribution in [3.8, 4) is 0 Å². The Kier molecular flexibility index (Phi) is 5.97. The van der Waals surface area contributed by atoms with E-state index in [0.717, 1.165) is 30.1 Å². The molecule has 0 aliphatic carbocycles. The topological polar surface area (TPSA) is 60.5 Å². The fraction of sp³-hybridized carbons (Fsp3) is 0.409. The number of hydrogen-bond acceptors (Lipinski definition) is 4. The number of carbonyl (C=O) groups is 2. The second-order valence-corrected chi connectivity index (χ2v) is 6.68. The van der Waals surface area contributed by atoms with E-state index >= 15 is 0 Å². The summed E-state index contributed by atoms with van der Waals surface area (Å²) in [6, 6.07) is 9.93. The molecule has 0 fully saturated rings. The van der Waals surface area contributed by atoms with Crippen molar-refractivity contribution in [3.05, 3.63) is 58.4 Å². The van der Waals surface area contributed by atoms with E-state index in [2.05, 4.69) is 11.5 Å². The van der Waals surface area contributed by atoms with E-state index in [9.17, 15) is 9.59 Å². The van der Waals surface area contributed by atoms with Crippen LogP contribution in [-0.4, -0.2) is 46.7 Å². The Bertz CT molecular complexity index is 926. The molecule has 2 aromatic rings. The summed E-state index contributed by atoms with van der Waals surface area (Å²) < 4.78 is 14.7. The summed E-state index contributed by atoms with van der Waals surface area (Å²) in [6.07, 6.45) is 0.948. The molecule has 0 saturated heterocycles. The van der Waals surface area contributed by atoms with E-state index in [1.807, 2.05) is 34.9 Å². The molecule has 0 spiro atoms. The first-order valence-electron chi connectivity index (χ1n) is 9.81. The van der Waals surface area contributed by atoms with Crippen molar-refractivity contribution in [1.82, 2.24) is 4.57 Å². The first-order valence-corrected chi connectivity index (χ1v) is 9.81. The van der Waals surface area contributed by atoms with Gasteiger partial charge in [0, 0.05) is 5.56 Å². The van der Waals surface area contributed by atoms with Crippen molar-refractivity contribution < 1.29 is 23.6 Å². The van der Waals surface area contributed by atoms with Crippen LogP contribution in [0.5, 0.6) is 0 Å². The molecule has 1 aliphatic rings. The molecule has 0 atom stereocenters. The van der Waals surface area contributed by atoms with Crippen LogP contribution in [-0.2, 0) is 16.0 Å². The molecule has 0 saturated carbocycles. The average molecular weight is 383 g/mol. The van der Waals surface area contributed by atoms with E-state index in [1.165, 1.54) is 0 Å². The smallest absolute Gasteiger partial charge is 0.379 e. The highest BCUT2D eigenvalue weighted by Crippen LogP contribution is 2.30. The SMILES string of the molecule is CCC[N+]1=C(c2ccccc2)n2c(c(C(=O)OCC)c(C)c2C(=O)OCC)C1. The first-order chi connectivity index (χ1) is 13.5. The summed E-state index contributed by atoms with van der Waals surface area (Å²) in [7, 11) is 0. The van der Waals surface area contributed by atoms with Crippen molar-refractivity contribution >= 4 is 17.8 Å². The van der Waals surface area contributed by atoms with Crippen LogP contribution in [0.15, 0.2) is 30.3 Å². The van der Waals surface area contributed by atoms with Crippen molar-refractivity contribution in [2.75, 3.05) is 19.8 Å². The van der Waals surface area contributed by atoms with E-state index in [-0.39, 0.29) is 13.2 Å². The Hall–Kier alpha value is -2.89. The number of nitrogens with zero attached hydrogens (tertiary/aromatic N) is 2. The van der Waals surface area contributed by atoms with Crippen LogP contribution in [0.4, 0.5) is 0 Å². The minimum absolute atomic E-state index is 0.271. The maximum atomic E-state index is 12.8. The van der Waals surface area contributed by atoms with Gasteiger partial charge in [0.2, 0.25) is 5.69 Å². The van der Waals surface area contributed by atoms with E-state index in [1.54, 1.807) is 20.8 Å². The number of benzene rings is 1. The largest absolute Gasteiger partial charge is 0.462 e. The zero-order valence-electron chi connectivity index (χ0n) is 16.9. The molecule has 6 nitrogen and oxygen atoms in total. The molecule has 0 bridgehead atoms. The van der Waals surface area contributed by atoms with Crippen LogP contribution in [0.1, 0.15) is 64.9 Å². The summed E-state index contributed by atoms with van der Waals surface area (Å²) >= 11 is 0. The van der Waals surface area contributed by atoms with Crippen LogP contribution >= 0.6 is 0 Å². The molecule has 3 rings (SSSR count). The lowest BCUT2D eigenvalue weighted by molar-refractivity contribution is -0.539. The van der Waals surface area contributed by atoms with Crippen LogP contribution in [0.3, 0.4) is 0 Å². The second-order valence-electron chi connectivity index (χ2n) is 6.68. The van der Waals surface area contributed by atoms with Gasteiger partial charge in [-0.15, -0.1) is 0 Å². The zero-order chi connectivity index (χ0) is 20.3. The quantitative estimate of drug-likeness (QED) is 0.543. The maximum Gasteiger partial charge on any atom is 0.379 e. The van der Waals surface area contributed by atoms with Gasteiger partial charge < -0.3 is 9.47 Å². The molecule has 148 valence electrons. The maximum absolute atomic E-state index is 12.8. The third-order valence-electron chi connectivity index (χ3n) is 4.84. The second kappa shape index (κ2) is 8.42. The number of hydrogen-bond donors (Lipinski definition) is 0. The van der Waals surface area contributed by atoms with Crippen molar-refractivity contribution in [2.45, 2.75) is 40.7 Å². The summed E-state index contributed by atoms with van der Waals surface area (Å²) in [5, 5.41) is 0. The Morgan fingerprint density at radius 1 is 1.04 bits per heavy atom. The van der Waals surface area contributed by atoms with E-state index in [4.69, 9.17) is 9.47 Å². The molecule has 2 heterocycles. The monoisotopic (exact) mass is 383 g/mol. The molecular weight excluding hydrogens is 356 g/mol. The number of fused-ring (bicyclic) bond motifs is 1. The molecule has 0 amide bonds. The number of rotatable bonds is 7. The van der Waals surface area contributed by atoms with Crippen LogP contribution in [0.2, 0.25) is 0 Å². The predicted molar refractivity (Wildman–Crippen MR) is 106 cm³/mol. The fourth-order valence-electron chi connectivity index (χ4n) is 3.80. The lowest BCUT2D eigenvalue weighted by Gasteiger charge is -2.08. The van der Waals surface area contributed by atoms with Crippen molar-refractivity contribution in [3.63, 3.8) is 0 Å². The highest BCUT2D eigenvalue weighted by Gasteiger charge is 2.43. The Balaban J connectivity index is 2.28. The van der Waals surface area contributed by atoms with Crippen molar-refractivity contribution in [2.24, 2.45) is 0 Å². The Morgan fingerprint density at radius 3 is 2.29 bits per heavy atom. The third kappa shape index (κ3) is 3.35. The van der Waals surface area contributed by atoms with Gasteiger partial charge in [-0.05, 0) is 39.3 Å².